The molecule has 0 radical (unpaired) electrons. The number of hydrogen-bond acceptors (Lipinski definition) is 10. The quantitative estimate of drug-likeness (QED) is 0.0430. The van der Waals surface area contributed by atoms with E-state index in [0.29, 0.717) is 97.9 Å². The first kappa shape index (κ1) is 74.7. The summed E-state index contributed by atoms with van der Waals surface area (Å²) in [5.41, 5.74) is 7.71. The molecule has 536 valence electrons. The van der Waals surface area contributed by atoms with E-state index < -0.39 is 22.7 Å². The van der Waals surface area contributed by atoms with Crippen molar-refractivity contribution in [3.63, 3.8) is 0 Å². The monoisotopic (exact) mass is 1520 g/mol. The van der Waals surface area contributed by atoms with Crippen LogP contribution in [-0.2, 0) is 49.5 Å². The highest BCUT2D eigenvalue weighted by molar-refractivity contribution is 7.08. The van der Waals surface area contributed by atoms with Gasteiger partial charge in [0.05, 0.1) is 19.6 Å². The number of amides is 7. The number of halogens is 6. The van der Waals surface area contributed by atoms with E-state index in [-0.39, 0.29) is 108 Å². The van der Waals surface area contributed by atoms with Gasteiger partial charge in [0, 0.05) is 81.1 Å². The van der Waals surface area contributed by atoms with E-state index in [1.54, 1.807) is 18.4 Å². The lowest BCUT2D eigenvalue weighted by Crippen LogP contribution is -2.63. The lowest BCUT2D eigenvalue weighted by molar-refractivity contribution is -0.136. The number of methoxy groups -OCH3 is 1. The zero-order valence-electron chi connectivity index (χ0n) is 57.1. The molecule has 7 aromatic rings. The van der Waals surface area contributed by atoms with Crippen LogP contribution in [0.5, 0.6) is 0 Å². The molecule has 7 aliphatic rings. The van der Waals surface area contributed by atoms with Gasteiger partial charge in [-0.05, 0) is 228 Å². The van der Waals surface area contributed by atoms with Crippen molar-refractivity contribution in [2.45, 2.75) is 137 Å². The van der Waals surface area contributed by atoms with E-state index in [1.807, 2.05) is 129 Å². The summed E-state index contributed by atoms with van der Waals surface area (Å²) in [6.07, 6.45) is 4.72. The van der Waals surface area contributed by atoms with Crippen LogP contribution in [0.2, 0.25) is 30.1 Å². The molecule has 1 aromatic heterocycles. The largest absolute Gasteiger partial charge is 0.382 e. The van der Waals surface area contributed by atoms with Gasteiger partial charge in [-0.25, -0.2) is 0 Å². The van der Waals surface area contributed by atoms with Crippen LogP contribution in [0.15, 0.2) is 144 Å². The predicted molar refractivity (Wildman–Crippen MR) is 401 cm³/mol. The molecule has 3 saturated carbocycles. The van der Waals surface area contributed by atoms with Gasteiger partial charge >= 0.3 is 0 Å². The molecular formula is C79H83Cl6N7O9S. The van der Waals surface area contributed by atoms with Crippen molar-refractivity contribution in [3.05, 3.63) is 230 Å². The third-order valence-electron chi connectivity index (χ3n) is 22.1. The molecule has 102 heavy (non-hydrogen) atoms. The fourth-order valence-corrected chi connectivity index (χ4v) is 19.5. The first-order valence-corrected chi connectivity index (χ1v) is 37.9. The average Bonchev–Trinajstić information content (AvgIpc) is 1.50. The number of hydrogen-bond donors (Lipinski definition) is 7. The smallest absolute Gasteiger partial charge is 0.246 e. The third-order valence-corrected chi connectivity index (χ3v) is 24.6. The molecule has 23 heteroatoms. The number of carbonyl (C=O) groups is 7. The molecular weight excluding hydrogens is 1440 g/mol. The Morgan fingerprint density at radius 1 is 0.500 bits per heavy atom. The Hall–Kier alpha value is -7.03. The molecule has 13 atom stereocenters. The van der Waals surface area contributed by atoms with Crippen molar-refractivity contribution >= 4 is 122 Å². The summed E-state index contributed by atoms with van der Waals surface area (Å²) in [6.45, 7) is 8.07. The molecule has 0 bridgehead atoms. The lowest BCUT2D eigenvalue weighted by Gasteiger charge is -2.47. The highest BCUT2D eigenvalue weighted by Gasteiger charge is 2.62. The molecule has 16 nitrogen and oxygen atoms in total. The molecule has 7 fully saturated rings. The topological polar surface area (TPSA) is 222 Å². The van der Waals surface area contributed by atoms with E-state index in [1.165, 1.54) is 0 Å². The van der Waals surface area contributed by atoms with Crippen molar-refractivity contribution in [2.24, 2.45) is 17.8 Å². The first-order valence-electron chi connectivity index (χ1n) is 34.7. The van der Waals surface area contributed by atoms with Gasteiger partial charge in [-0.15, -0.1) is 0 Å². The Morgan fingerprint density at radius 3 is 1.25 bits per heavy atom. The predicted octanol–water partition coefficient (Wildman–Crippen LogP) is 13.9. The van der Waals surface area contributed by atoms with E-state index in [9.17, 15) is 33.6 Å². The zero-order valence-corrected chi connectivity index (χ0v) is 62.4. The van der Waals surface area contributed by atoms with E-state index in [0.717, 1.165) is 72.1 Å². The number of ether oxygens (including phenoxy) is 2. The van der Waals surface area contributed by atoms with Crippen LogP contribution in [0.3, 0.4) is 0 Å². The van der Waals surface area contributed by atoms with Gasteiger partial charge in [-0.1, -0.05) is 142 Å². The molecule has 1 unspecified atom stereocenters. The number of rotatable bonds is 17. The van der Waals surface area contributed by atoms with Crippen LogP contribution in [0.1, 0.15) is 143 Å². The Bertz CT molecular complexity index is 4270. The second kappa shape index (κ2) is 32.1. The van der Waals surface area contributed by atoms with E-state index in [2.05, 4.69) is 73.6 Å². The summed E-state index contributed by atoms with van der Waals surface area (Å²) in [5, 5.41) is 29.2. The zero-order chi connectivity index (χ0) is 72.2. The molecule has 7 amide bonds. The normalized spacial score (nSPS) is 27.5. The minimum Gasteiger partial charge on any atom is -0.382 e. The van der Waals surface area contributed by atoms with Crippen LogP contribution in [-0.4, -0.2) is 111 Å². The standard InChI is InChI=1S/C27H26Cl2N2O2S.C26H27Cl2N3O3.C26H30Cl2N2O4/c1-16-2-7-20(23(29)12-16)21-8-10-27(31-24(32)13-17-9-11-34-15-17)22(14-30-26(27)33)25(21)18-3-5-19(28)6-4-18;1-14-2-7-17(20(28)12-14)18-10-11-26(31-24(33)21-8-9-22(32)30-21)19(13-29-25(26)34)23(18)15-3-5-16(27)6-4-15;1-16-3-8-19(22(28)13-16)20-9-10-26(30-23(31)15-34-12-11-33-2)21(14-29-25(26)32)24(20)17-4-6-18(27)7-5-17/h2-7,9,11-12,15,21-22,25H,8,10,13-14H2,1H3,(H,30,33)(H,31,32);2-7,12,18-19,21,23H,8-11,13H2,1H3,(H,29,34)(H,30,32)(H,31,33);3-8,13,20-21,24H,9-12,14-15H2,1-2H3,(H,29,32)(H,30,31)/t21-,22-,25-,27-;18-,19-,21?,23-,26-;20-,21-,24-,26-/m000/s1. The maximum atomic E-state index is 13.3. The highest BCUT2D eigenvalue weighted by Crippen LogP contribution is 2.58. The van der Waals surface area contributed by atoms with Crippen molar-refractivity contribution in [3.8, 4) is 0 Å². The maximum absolute atomic E-state index is 13.3. The number of benzene rings is 6. The van der Waals surface area contributed by atoms with Crippen molar-refractivity contribution in [2.75, 3.05) is 46.6 Å². The Balaban J connectivity index is 0.000000144. The van der Waals surface area contributed by atoms with E-state index >= 15 is 0 Å². The summed E-state index contributed by atoms with van der Waals surface area (Å²) in [7, 11) is 1.57. The molecule has 4 saturated heterocycles. The third kappa shape index (κ3) is 15.7. The van der Waals surface area contributed by atoms with Crippen molar-refractivity contribution < 1.29 is 43.0 Å². The van der Waals surface area contributed by atoms with Gasteiger partial charge in [0.15, 0.2) is 0 Å². The summed E-state index contributed by atoms with van der Waals surface area (Å²) >= 11 is 40.3. The van der Waals surface area contributed by atoms with E-state index in [4.69, 9.17) is 79.1 Å². The van der Waals surface area contributed by atoms with Crippen LogP contribution in [0, 0.1) is 38.5 Å². The van der Waals surface area contributed by atoms with Gasteiger partial charge in [-0.3, -0.25) is 33.6 Å². The Labute approximate surface area is 629 Å². The molecule has 3 aliphatic carbocycles. The van der Waals surface area contributed by atoms with Gasteiger partial charge in [0.1, 0.15) is 29.3 Å². The number of thiophene rings is 1. The van der Waals surface area contributed by atoms with Crippen molar-refractivity contribution in [1.82, 2.24) is 37.2 Å². The Kier molecular flexibility index (Phi) is 23.5. The fraction of sp³-hybridized carbons (Fsp3) is 0.405. The highest BCUT2D eigenvalue weighted by atomic mass is 35.5. The first-order chi connectivity index (χ1) is 49.0. The van der Waals surface area contributed by atoms with Gasteiger partial charge in [-0.2, -0.15) is 11.3 Å². The average molecular weight is 1520 g/mol. The number of nitrogens with one attached hydrogen (secondary N) is 7. The summed E-state index contributed by atoms with van der Waals surface area (Å²) in [6, 6.07) is 43.1. The number of aryl methyl sites for hydroxylation is 3. The molecule has 0 spiro atoms. The second-order valence-electron chi connectivity index (χ2n) is 28.2. The summed E-state index contributed by atoms with van der Waals surface area (Å²) < 4.78 is 10.4. The SMILES string of the molecule is COCCOCC(=O)N[C@@]12CC[C@@H](c3ccc(C)cc3Cl)[C@H](c3ccc(Cl)cc3)[C@@H]1CNC2=O.Cc1ccc([C@@H]2CC[C@@]3(NC(=O)C4CCC(=O)N4)C(=O)NC[C@H]3[C@H]2c2ccc(Cl)cc2)c(Cl)c1.Cc1ccc([C@@H]2CC[C@@]3(NC(=O)Cc4ccsc4)C(=O)NC[C@H]3[C@H]2c2ccc(Cl)cc2)c(Cl)c1. The van der Waals surface area contributed by atoms with Crippen molar-refractivity contribution in [1.29, 1.82) is 0 Å². The van der Waals surface area contributed by atoms with Crippen LogP contribution < -0.4 is 37.2 Å². The van der Waals surface area contributed by atoms with Gasteiger partial charge in [0.2, 0.25) is 41.4 Å². The maximum Gasteiger partial charge on any atom is 0.246 e. The molecule has 14 rings (SSSR count). The molecule has 5 heterocycles. The molecule has 6 aromatic carbocycles. The minimum absolute atomic E-state index is 0.00776. The number of fused-ring (bicyclic) bond motifs is 3. The fourth-order valence-electron chi connectivity index (χ4n) is 17.3. The summed E-state index contributed by atoms with van der Waals surface area (Å²) in [4.78, 5) is 90.4. The van der Waals surface area contributed by atoms with Gasteiger partial charge in [0.25, 0.3) is 0 Å². The van der Waals surface area contributed by atoms with Crippen LogP contribution in [0.4, 0.5) is 0 Å². The molecule has 4 aliphatic heterocycles. The second-order valence-corrected chi connectivity index (χ2v) is 31.5. The minimum atomic E-state index is -1.04. The number of carbonyl (C=O) groups excluding carboxylic acids is 7. The Morgan fingerprint density at radius 2 is 0.892 bits per heavy atom. The molecule has 7 N–H and O–H groups in total. The van der Waals surface area contributed by atoms with Crippen LogP contribution in [0.25, 0.3) is 0 Å². The van der Waals surface area contributed by atoms with Gasteiger partial charge < -0.3 is 46.7 Å². The lowest BCUT2D eigenvalue weighted by atomic mass is 9.60. The summed E-state index contributed by atoms with van der Waals surface area (Å²) in [5.74, 6) is -1.54. The van der Waals surface area contributed by atoms with Crippen LogP contribution >= 0.6 is 80.9 Å².